The molecule has 1 N–H and O–H groups in total. The Kier molecular flexibility index (Phi) is 4.61. The average molecular weight is 277 g/mol. The van der Waals surface area contributed by atoms with Gasteiger partial charge in [0.2, 0.25) is 5.91 Å². The smallest absolute Gasteiger partial charge is 0.229 e. The van der Waals surface area contributed by atoms with E-state index in [1.54, 1.807) is 0 Å². The molecule has 0 aliphatic heterocycles. The number of anilines is 1. The van der Waals surface area contributed by atoms with Crippen LogP contribution in [0.2, 0.25) is 19.6 Å². The Morgan fingerprint density at radius 2 is 1.68 bits per heavy atom. The summed E-state index contributed by atoms with van der Waals surface area (Å²) in [4.78, 5) is 12.2. The molecule has 0 radical (unpaired) electrons. The van der Waals surface area contributed by atoms with Crippen molar-refractivity contribution in [3.8, 4) is 0 Å². The van der Waals surface area contributed by atoms with E-state index in [9.17, 15) is 4.79 Å². The van der Waals surface area contributed by atoms with Gasteiger partial charge >= 0.3 is 0 Å². The zero-order valence-corrected chi connectivity index (χ0v) is 14.3. The number of amides is 1. The van der Waals surface area contributed by atoms with E-state index in [1.165, 1.54) is 5.56 Å². The predicted octanol–water partition coefficient (Wildman–Crippen LogP) is 4.65. The normalized spacial score (nSPS) is 14.1. The topological polar surface area (TPSA) is 29.1 Å². The van der Waals surface area contributed by atoms with Crippen molar-refractivity contribution in [3.63, 3.8) is 0 Å². The Bertz CT molecular complexity index is 455. The zero-order valence-electron chi connectivity index (χ0n) is 13.3. The van der Waals surface area contributed by atoms with E-state index in [0.29, 0.717) is 5.54 Å². The standard InChI is InChI=1S/C16H27NOSi/c1-12(19(5,6)7)13-10-8-9-11-14(13)17-15(18)16(2,3)4/h8-12H,1-7H3,(H,17,18)/t12-/m1/s1. The first-order valence-electron chi connectivity index (χ1n) is 6.94. The van der Waals surface area contributed by atoms with Crippen LogP contribution >= 0.6 is 0 Å². The van der Waals surface area contributed by atoms with Crippen LogP contribution in [0.15, 0.2) is 24.3 Å². The number of hydrogen-bond donors (Lipinski definition) is 1. The van der Waals surface area contributed by atoms with Gasteiger partial charge in [0.05, 0.1) is 8.07 Å². The third kappa shape index (κ3) is 4.20. The van der Waals surface area contributed by atoms with Gasteiger partial charge in [-0.3, -0.25) is 4.79 Å². The fourth-order valence-corrected chi connectivity index (χ4v) is 2.95. The number of para-hydroxylation sites is 1. The van der Waals surface area contributed by atoms with Gasteiger partial charge in [0.25, 0.3) is 0 Å². The Hall–Kier alpha value is -1.09. The quantitative estimate of drug-likeness (QED) is 0.800. The first-order valence-corrected chi connectivity index (χ1v) is 10.5. The van der Waals surface area contributed by atoms with Crippen LogP contribution in [0.25, 0.3) is 0 Å². The molecule has 0 aromatic heterocycles. The molecule has 0 aliphatic rings. The van der Waals surface area contributed by atoms with E-state index in [1.807, 2.05) is 32.9 Å². The summed E-state index contributed by atoms with van der Waals surface area (Å²) in [5.74, 6) is 0.0720. The summed E-state index contributed by atoms with van der Waals surface area (Å²) in [7, 11) is -1.28. The highest BCUT2D eigenvalue weighted by atomic mass is 28.3. The molecule has 106 valence electrons. The molecule has 0 bridgehead atoms. The molecule has 0 saturated carbocycles. The van der Waals surface area contributed by atoms with Crippen molar-refractivity contribution >= 4 is 19.7 Å². The zero-order chi connectivity index (χ0) is 14.8. The largest absolute Gasteiger partial charge is 0.325 e. The van der Waals surface area contributed by atoms with Crippen LogP contribution in [0.3, 0.4) is 0 Å². The summed E-state index contributed by atoms with van der Waals surface area (Å²) in [5, 5.41) is 3.09. The maximum absolute atomic E-state index is 12.2. The van der Waals surface area contributed by atoms with Crippen molar-refractivity contribution in [2.45, 2.75) is 52.9 Å². The number of carbonyl (C=O) groups is 1. The van der Waals surface area contributed by atoms with Crippen LogP contribution in [-0.2, 0) is 4.79 Å². The predicted molar refractivity (Wildman–Crippen MR) is 86.3 cm³/mol. The molecule has 1 aromatic rings. The molecule has 2 nitrogen and oxygen atoms in total. The monoisotopic (exact) mass is 277 g/mol. The summed E-state index contributed by atoms with van der Waals surface area (Å²) >= 11 is 0. The minimum Gasteiger partial charge on any atom is -0.325 e. The van der Waals surface area contributed by atoms with Gasteiger partial charge in [0.1, 0.15) is 0 Å². The molecular formula is C16H27NOSi. The van der Waals surface area contributed by atoms with Crippen molar-refractivity contribution in [3.05, 3.63) is 29.8 Å². The van der Waals surface area contributed by atoms with Gasteiger partial charge < -0.3 is 5.32 Å². The Balaban J connectivity index is 3.07. The molecule has 1 atom stereocenters. The SMILES string of the molecule is C[C@H](c1ccccc1NC(=O)C(C)(C)C)[Si](C)(C)C. The number of hydrogen-bond acceptors (Lipinski definition) is 1. The van der Waals surface area contributed by atoms with Crippen molar-refractivity contribution in [1.82, 2.24) is 0 Å². The number of carbonyl (C=O) groups excluding carboxylic acids is 1. The second-order valence-corrected chi connectivity index (χ2v) is 13.0. The van der Waals surface area contributed by atoms with Crippen LogP contribution < -0.4 is 5.32 Å². The summed E-state index contributed by atoms with van der Waals surface area (Å²) in [6, 6.07) is 8.19. The lowest BCUT2D eigenvalue weighted by Crippen LogP contribution is -2.31. The number of rotatable bonds is 3. The third-order valence-corrected chi connectivity index (χ3v) is 6.56. The van der Waals surface area contributed by atoms with Gasteiger partial charge in [-0.25, -0.2) is 0 Å². The van der Waals surface area contributed by atoms with E-state index in [-0.39, 0.29) is 11.3 Å². The molecule has 1 amide bonds. The molecule has 0 fully saturated rings. The lowest BCUT2D eigenvalue weighted by molar-refractivity contribution is -0.123. The minimum absolute atomic E-state index is 0.0720. The fourth-order valence-electron chi connectivity index (χ4n) is 1.76. The van der Waals surface area contributed by atoms with Crippen LogP contribution in [0, 0.1) is 5.41 Å². The van der Waals surface area contributed by atoms with Gasteiger partial charge in [-0.2, -0.15) is 0 Å². The molecule has 0 heterocycles. The first kappa shape index (κ1) is 16.0. The Morgan fingerprint density at radius 1 is 1.16 bits per heavy atom. The second kappa shape index (κ2) is 5.49. The van der Waals surface area contributed by atoms with E-state index < -0.39 is 8.07 Å². The highest BCUT2D eigenvalue weighted by Crippen LogP contribution is 2.32. The van der Waals surface area contributed by atoms with Gasteiger partial charge in [-0.05, 0) is 17.2 Å². The lowest BCUT2D eigenvalue weighted by atomic mass is 9.95. The maximum atomic E-state index is 12.2. The summed E-state index contributed by atoms with van der Waals surface area (Å²) < 4.78 is 0. The maximum Gasteiger partial charge on any atom is 0.229 e. The molecule has 19 heavy (non-hydrogen) atoms. The molecule has 0 saturated heterocycles. The van der Waals surface area contributed by atoms with E-state index in [4.69, 9.17) is 0 Å². The van der Waals surface area contributed by atoms with Gasteiger partial charge in [0, 0.05) is 11.1 Å². The van der Waals surface area contributed by atoms with E-state index in [2.05, 4.69) is 44.0 Å². The van der Waals surface area contributed by atoms with Crippen LogP contribution in [0.5, 0.6) is 0 Å². The summed E-state index contributed by atoms with van der Waals surface area (Å²) in [6.45, 7) is 15.2. The van der Waals surface area contributed by atoms with Crippen LogP contribution in [-0.4, -0.2) is 14.0 Å². The molecule has 1 aromatic carbocycles. The third-order valence-electron chi connectivity index (χ3n) is 3.66. The highest BCUT2D eigenvalue weighted by molar-refractivity contribution is 6.77. The number of nitrogens with one attached hydrogen (secondary N) is 1. The minimum atomic E-state index is -1.28. The molecule has 0 aliphatic carbocycles. The van der Waals surface area contributed by atoms with E-state index in [0.717, 1.165) is 5.69 Å². The van der Waals surface area contributed by atoms with Crippen LogP contribution in [0.4, 0.5) is 5.69 Å². The fraction of sp³-hybridized carbons (Fsp3) is 0.562. The van der Waals surface area contributed by atoms with Crippen molar-refractivity contribution in [2.75, 3.05) is 5.32 Å². The first-order chi connectivity index (χ1) is 8.53. The van der Waals surface area contributed by atoms with Gasteiger partial charge in [-0.15, -0.1) is 0 Å². The molecule has 0 unspecified atom stereocenters. The van der Waals surface area contributed by atoms with Crippen LogP contribution in [0.1, 0.15) is 38.8 Å². The molecule has 1 rings (SSSR count). The van der Waals surface area contributed by atoms with Gasteiger partial charge in [0.15, 0.2) is 0 Å². The molecule has 3 heteroatoms. The summed E-state index contributed by atoms with van der Waals surface area (Å²) in [6.07, 6.45) is 0. The van der Waals surface area contributed by atoms with Crippen molar-refractivity contribution in [1.29, 1.82) is 0 Å². The number of benzene rings is 1. The van der Waals surface area contributed by atoms with Crippen molar-refractivity contribution < 1.29 is 4.79 Å². The molecule has 0 spiro atoms. The highest BCUT2D eigenvalue weighted by Gasteiger charge is 2.27. The lowest BCUT2D eigenvalue weighted by Gasteiger charge is -2.28. The average Bonchev–Trinajstić information content (AvgIpc) is 2.26. The van der Waals surface area contributed by atoms with Gasteiger partial charge in [-0.1, -0.05) is 65.5 Å². The van der Waals surface area contributed by atoms with Crippen molar-refractivity contribution in [2.24, 2.45) is 5.41 Å². The van der Waals surface area contributed by atoms with E-state index >= 15 is 0 Å². The Labute approximate surface area is 118 Å². The Morgan fingerprint density at radius 3 is 2.16 bits per heavy atom. The summed E-state index contributed by atoms with van der Waals surface area (Å²) in [5.41, 5.74) is 2.38. The molecular weight excluding hydrogens is 250 g/mol. The second-order valence-electron chi connectivity index (χ2n) is 7.38.